The molecule has 0 radical (unpaired) electrons. The molecule has 0 bridgehead atoms. The van der Waals surface area contributed by atoms with Crippen molar-refractivity contribution in [2.24, 2.45) is 0 Å². The van der Waals surface area contributed by atoms with E-state index in [1.165, 1.54) is 23.9 Å². The summed E-state index contributed by atoms with van der Waals surface area (Å²) in [4.78, 5) is 11.1. The highest BCUT2D eigenvalue weighted by atomic mass is 19.3. The van der Waals surface area contributed by atoms with E-state index in [0.717, 1.165) is 28.8 Å². The molecule has 0 aliphatic heterocycles. The summed E-state index contributed by atoms with van der Waals surface area (Å²) in [5.74, 6) is 0.181. The Bertz CT molecular complexity index is 1180. The van der Waals surface area contributed by atoms with Gasteiger partial charge in [0.15, 0.2) is 0 Å². The Morgan fingerprint density at radius 2 is 2.12 bits per heavy atom. The maximum atomic E-state index is 12.6. The van der Waals surface area contributed by atoms with Crippen molar-refractivity contribution in [1.82, 2.24) is 35.3 Å². The van der Waals surface area contributed by atoms with Gasteiger partial charge in [-0.1, -0.05) is 37.6 Å². The third-order valence-electron chi connectivity index (χ3n) is 4.79. The molecule has 0 saturated carbocycles. The Hall–Kier alpha value is -3.56. The van der Waals surface area contributed by atoms with Crippen LogP contribution in [0.15, 0.2) is 42.9 Å². The first-order valence-electron chi connectivity index (χ1n) is 10.5. The number of anilines is 1. The van der Waals surface area contributed by atoms with Crippen LogP contribution in [-0.4, -0.2) is 42.9 Å². The number of halogens is 2. The minimum atomic E-state index is -2.49. The average molecular weight is 443 g/mol. The number of nitrogens with one attached hydrogen (secondary N) is 2. The molecular weight excluding hydrogens is 414 g/mol. The van der Waals surface area contributed by atoms with Crippen molar-refractivity contribution >= 4 is 28.0 Å². The van der Waals surface area contributed by atoms with E-state index < -0.39 is 13.0 Å². The van der Waals surface area contributed by atoms with E-state index >= 15 is 0 Å². The van der Waals surface area contributed by atoms with Crippen LogP contribution in [-0.2, 0) is 6.54 Å². The lowest BCUT2D eigenvalue weighted by atomic mass is 10.1. The molecule has 0 amide bonds. The maximum absolute atomic E-state index is 12.6. The van der Waals surface area contributed by atoms with Crippen LogP contribution in [0.25, 0.3) is 33.2 Å². The third-order valence-corrected chi connectivity index (χ3v) is 4.79. The summed E-state index contributed by atoms with van der Waals surface area (Å²) in [6.45, 7) is 8.54. The van der Waals surface area contributed by atoms with Gasteiger partial charge in [-0.2, -0.15) is 4.98 Å². The molecule has 4 N–H and O–H groups in total. The first-order chi connectivity index (χ1) is 15.4. The molecular formula is C22H28F2N8. The highest BCUT2D eigenvalue weighted by Gasteiger charge is 2.13. The summed E-state index contributed by atoms with van der Waals surface area (Å²) in [5.41, 5.74) is 10.1. The number of nitrogens with two attached hydrogens (primary N) is 1. The van der Waals surface area contributed by atoms with Crippen LogP contribution in [0, 0.1) is 0 Å². The summed E-state index contributed by atoms with van der Waals surface area (Å²) in [6, 6.07) is 5.37. The molecule has 4 aromatic rings. The lowest BCUT2D eigenvalue weighted by Crippen LogP contribution is -2.10. The van der Waals surface area contributed by atoms with E-state index in [1.54, 1.807) is 24.5 Å². The van der Waals surface area contributed by atoms with Crippen LogP contribution in [0.5, 0.6) is 0 Å². The van der Waals surface area contributed by atoms with E-state index in [2.05, 4.69) is 44.1 Å². The van der Waals surface area contributed by atoms with Crippen LogP contribution in [0.3, 0.4) is 0 Å². The molecule has 0 saturated heterocycles. The molecule has 0 spiro atoms. The van der Waals surface area contributed by atoms with Crippen molar-refractivity contribution in [1.29, 1.82) is 0 Å². The molecule has 0 aliphatic rings. The number of allylic oxidation sites excluding steroid dienone is 1. The van der Waals surface area contributed by atoms with Gasteiger partial charge in [0, 0.05) is 35.6 Å². The molecule has 0 unspecified atom stereocenters. The lowest BCUT2D eigenvalue weighted by molar-refractivity contribution is 0.122. The molecule has 10 heteroatoms. The summed E-state index contributed by atoms with van der Waals surface area (Å²) in [7, 11) is 0. The molecule has 0 aliphatic carbocycles. The quantitative estimate of drug-likeness (QED) is 0.346. The van der Waals surface area contributed by atoms with Crippen LogP contribution in [0.2, 0.25) is 0 Å². The van der Waals surface area contributed by atoms with E-state index in [4.69, 9.17) is 5.73 Å². The standard InChI is InChI=1S/C14H11F2N7.C8H17N/c15-12(16)6-23-11-3-7(1-2-10(11)21-22-23)8-4-18-13-9(8)5-19-14(17)20-13;1-4-5-6-7-9-8(2)3/h1-5,12H,6H2,(H3,17,18,19,20);9H,2,4-7H2,1,3H3. The van der Waals surface area contributed by atoms with Gasteiger partial charge in [0.2, 0.25) is 5.95 Å². The minimum Gasteiger partial charge on any atom is -0.389 e. The van der Waals surface area contributed by atoms with E-state index in [-0.39, 0.29) is 5.95 Å². The Balaban J connectivity index is 0.000000275. The summed E-state index contributed by atoms with van der Waals surface area (Å²) in [5, 5.41) is 11.7. The second kappa shape index (κ2) is 10.7. The number of H-pyrrole nitrogens is 1. The number of alkyl halides is 2. The van der Waals surface area contributed by atoms with Gasteiger partial charge in [-0.25, -0.2) is 18.4 Å². The fourth-order valence-corrected chi connectivity index (χ4v) is 3.23. The van der Waals surface area contributed by atoms with E-state index in [0.29, 0.717) is 16.7 Å². The number of hydrogen-bond donors (Lipinski definition) is 3. The van der Waals surface area contributed by atoms with Gasteiger partial charge >= 0.3 is 0 Å². The Kier molecular flexibility index (Phi) is 7.69. The number of unbranched alkanes of at least 4 members (excludes halogenated alkanes) is 2. The average Bonchev–Trinajstić information content (AvgIpc) is 3.34. The Morgan fingerprint density at radius 1 is 1.31 bits per heavy atom. The van der Waals surface area contributed by atoms with Gasteiger partial charge in [-0.3, -0.25) is 0 Å². The molecule has 0 fully saturated rings. The second-order valence-electron chi connectivity index (χ2n) is 7.47. The monoisotopic (exact) mass is 442 g/mol. The predicted octanol–water partition coefficient (Wildman–Crippen LogP) is 4.52. The van der Waals surface area contributed by atoms with Crippen molar-refractivity contribution in [2.45, 2.75) is 46.1 Å². The number of aromatic amines is 1. The van der Waals surface area contributed by atoms with Crippen molar-refractivity contribution in [3.8, 4) is 11.1 Å². The molecule has 170 valence electrons. The van der Waals surface area contributed by atoms with E-state index in [9.17, 15) is 8.78 Å². The zero-order valence-electron chi connectivity index (χ0n) is 18.3. The highest BCUT2D eigenvalue weighted by Crippen LogP contribution is 2.29. The maximum Gasteiger partial charge on any atom is 0.258 e. The van der Waals surface area contributed by atoms with Crippen molar-refractivity contribution < 1.29 is 8.78 Å². The van der Waals surface area contributed by atoms with Crippen molar-refractivity contribution in [3.63, 3.8) is 0 Å². The van der Waals surface area contributed by atoms with Crippen LogP contribution < -0.4 is 11.1 Å². The molecule has 3 heterocycles. The van der Waals surface area contributed by atoms with Gasteiger partial charge in [0.05, 0.1) is 5.52 Å². The largest absolute Gasteiger partial charge is 0.389 e. The van der Waals surface area contributed by atoms with Gasteiger partial charge < -0.3 is 16.0 Å². The summed E-state index contributed by atoms with van der Waals surface area (Å²) < 4.78 is 26.4. The molecule has 4 rings (SSSR count). The molecule has 32 heavy (non-hydrogen) atoms. The molecule has 1 aromatic carbocycles. The molecule has 8 nitrogen and oxygen atoms in total. The third kappa shape index (κ3) is 5.77. The molecule has 3 aromatic heterocycles. The van der Waals surface area contributed by atoms with Gasteiger partial charge in [-0.15, -0.1) is 5.10 Å². The fraction of sp³-hybridized carbons (Fsp3) is 0.364. The second-order valence-corrected chi connectivity index (χ2v) is 7.47. The predicted molar refractivity (Wildman–Crippen MR) is 123 cm³/mol. The summed E-state index contributed by atoms with van der Waals surface area (Å²) in [6.07, 6.45) is 4.79. The number of benzene rings is 1. The van der Waals surface area contributed by atoms with Crippen LogP contribution >= 0.6 is 0 Å². The zero-order valence-corrected chi connectivity index (χ0v) is 18.3. The number of nitrogen functional groups attached to an aromatic ring is 1. The van der Waals surface area contributed by atoms with Crippen molar-refractivity contribution in [3.05, 3.63) is 42.9 Å². The lowest BCUT2D eigenvalue weighted by Gasteiger charge is -2.03. The number of aromatic nitrogens is 6. The highest BCUT2D eigenvalue weighted by molar-refractivity contribution is 5.95. The number of nitrogens with zero attached hydrogens (tertiary/aromatic N) is 5. The first-order valence-corrected chi connectivity index (χ1v) is 10.5. The summed E-state index contributed by atoms with van der Waals surface area (Å²) >= 11 is 0. The number of rotatable bonds is 8. The SMILES string of the molecule is C=C(C)NCCCCC.Nc1ncc2c(-c3ccc4nnn(CC(F)F)c4c3)c[nH]c2n1. The molecule has 0 atom stereocenters. The normalized spacial score (nSPS) is 11.0. The first kappa shape index (κ1) is 23.1. The van der Waals surface area contributed by atoms with Gasteiger partial charge in [0.1, 0.15) is 17.7 Å². The van der Waals surface area contributed by atoms with Gasteiger partial charge in [0.25, 0.3) is 6.43 Å². The fourth-order valence-electron chi connectivity index (χ4n) is 3.23. The van der Waals surface area contributed by atoms with Crippen LogP contribution in [0.1, 0.15) is 33.1 Å². The smallest absolute Gasteiger partial charge is 0.258 e. The van der Waals surface area contributed by atoms with E-state index in [1.807, 2.05) is 13.0 Å². The van der Waals surface area contributed by atoms with Crippen LogP contribution in [0.4, 0.5) is 14.7 Å². The zero-order chi connectivity index (χ0) is 23.1. The minimum absolute atomic E-state index is 0.181. The number of fused-ring (bicyclic) bond motifs is 2. The van der Waals surface area contributed by atoms with Gasteiger partial charge in [-0.05, 0) is 31.0 Å². The topological polar surface area (TPSA) is 110 Å². The number of hydrogen-bond acceptors (Lipinski definition) is 6. The Morgan fingerprint density at radius 3 is 2.84 bits per heavy atom. The Labute approximate surface area is 184 Å². The van der Waals surface area contributed by atoms with Crippen molar-refractivity contribution in [2.75, 3.05) is 12.3 Å².